The summed E-state index contributed by atoms with van der Waals surface area (Å²) in [5, 5.41) is 1.82. The Morgan fingerprint density at radius 3 is 2.53 bits per heavy atom. The van der Waals surface area contributed by atoms with Gasteiger partial charge in [-0.05, 0) is 48.9 Å². The van der Waals surface area contributed by atoms with Gasteiger partial charge in [-0.15, -0.1) is 11.3 Å². The molecule has 2 saturated heterocycles. The van der Waals surface area contributed by atoms with Gasteiger partial charge >= 0.3 is 0 Å². The zero-order valence-electron chi connectivity index (χ0n) is 16.7. The molecule has 2 aliphatic heterocycles. The molecule has 4 heterocycles. The van der Waals surface area contributed by atoms with Gasteiger partial charge in [0.15, 0.2) is 5.13 Å². The predicted molar refractivity (Wildman–Crippen MR) is 124 cm³/mol. The first kappa shape index (κ1) is 20.2. The van der Waals surface area contributed by atoms with Crippen molar-refractivity contribution in [2.45, 2.75) is 19.3 Å². The van der Waals surface area contributed by atoms with Crippen LogP contribution >= 0.6 is 34.3 Å². The molecule has 0 aliphatic carbocycles. The summed E-state index contributed by atoms with van der Waals surface area (Å²) >= 11 is 9.19. The molecule has 2 aliphatic rings. The van der Waals surface area contributed by atoms with Gasteiger partial charge in [-0.2, -0.15) is 0 Å². The van der Waals surface area contributed by atoms with E-state index in [4.69, 9.17) is 21.3 Å². The van der Waals surface area contributed by atoms with Crippen molar-refractivity contribution in [3.63, 3.8) is 0 Å². The number of piperidine rings is 1. The topological polar surface area (TPSA) is 45.7 Å². The molecule has 2 fully saturated rings. The van der Waals surface area contributed by atoms with Crippen LogP contribution in [-0.2, 0) is 11.2 Å². The van der Waals surface area contributed by atoms with Crippen LogP contribution in [-0.4, -0.2) is 55.2 Å². The number of thiazole rings is 1. The van der Waals surface area contributed by atoms with Crippen molar-refractivity contribution in [1.82, 2.24) is 9.88 Å². The van der Waals surface area contributed by atoms with Gasteiger partial charge in [0, 0.05) is 31.2 Å². The van der Waals surface area contributed by atoms with Gasteiger partial charge < -0.3 is 14.5 Å². The van der Waals surface area contributed by atoms with E-state index in [9.17, 15) is 4.79 Å². The Morgan fingerprint density at radius 1 is 1.10 bits per heavy atom. The van der Waals surface area contributed by atoms with Crippen LogP contribution in [0.25, 0.3) is 9.53 Å². The van der Waals surface area contributed by atoms with Crippen LogP contribution in [0.3, 0.4) is 0 Å². The minimum atomic E-state index is 0.156. The molecule has 8 heteroatoms. The van der Waals surface area contributed by atoms with Gasteiger partial charge in [-0.25, -0.2) is 4.98 Å². The van der Waals surface area contributed by atoms with E-state index in [2.05, 4.69) is 17.0 Å². The molecule has 2 aromatic heterocycles. The average molecular weight is 462 g/mol. The molecule has 5 nitrogen and oxygen atoms in total. The van der Waals surface area contributed by atoms with Crippen molar-refractivity contribution in [2.75, 3.05) is 44.3 Å². The lowest BCUT2D eigenvalue weighted by Gasteiger charge is -2.31. The molecule has 0 saturated carbocycles. The van der Waals surface area contributed by atoms with E-state index in [0.717, 1.165) is 83.2 Å². The van der Waals surface area contributed by atoms with Crippen LogP contribution in [0.1, 0.15) is 28.1 Å². The molecule has 158 valence electrons. The Balaban J connectivity index is 1.19. The summed E-state index contributed by atoms with van der Waals surface area (Å²) < 4.78 is 6.54. The number of hydrogen-bond donors (Lipinski definition) is 0. The molecule has 0 atom stereocenters. The highest BCUT2D eigenvalue weighted by Crippen LogP contribution is 2.36. The summed E-state index contributed by atoms with van der Waals surface area (Å²) in [5.74, 6) is 0.780. The van der Waals surface area contributed by atoms with E-state index in [1.165, 1.54) is 16.9 Å². The first-order valence-electron chi connectivity index (χ1n) is 10.4. The lowest BCUT2D eigenvalue weighted by Crippen LogP contribution is -2.38. The summed E-state index contributed by atoms with van der Waals surface area (Å²) in [6, 6.07) is 10.2. The van der Waals surface area contributed by atoms with Crippen molar-refractivity contribution < 1.29 is 9.53 Å². The summed E-state index contributed by atoms with van der Waals surface area (Å²) in [5.41, 5.74) is 1.32. The SMILES string of the molecule is O=C(c1cc2sc(N3CCOCC3)nc2s1)N1CCC(Cc2ccc(Cl)cc2)CC1. The monoisotopic (exact) mass is 461 g/mol. The normalized spacial score (nSPS) is 18.3. The lowest BCUT2D eigenvalue weighted by atomic mass is 9.90. The maximum absolute atomic E-state index is 13.0. The summed E-state index contributed by atoms with van der Waals surface area (Å²) in [4.78, 5) is 23.9. The van der Waals surface area contributed by atoms with Crippen LogP contribution in [0.2, 0.25) is 5.02 Å². The van der Waals surface area contributed by atoms with Gasteiger partial charge in [0.2, 0.25) is 0 Å². The molecule has 3 aromatic rings. The number of morpholine rings is 1. The van der Waals surface area contributed by atoms with Gasteiger partial charge in [-0.3, -0.25) is 4.79 Å². The third kappa shape index (κ3) is 4.35. The first-order chi connectivity index (χ1) is 14.7. The van der Waals surface area contributed by atoms with Crippen molar-refractivity contribution in [1.29, 1.82) is 0 Å². The van der Waals surface area contributed by atoms with Crippen molar-refractivity contribution in [3.05, 3.63) is 45.8 Å². The highest BCUT2D eigenvalue weighted by atomic mass is 35.5. The molecule has 30 heavy (non-hydrogen) atoms. The number of thiophene rings is 1. The fourth-order valence-corrected chi connectivity index (χ4v) is 6.53. The molecule has 0 bridgehead atoms. The smallest absolute Gasteiger partial charge is 0.264 e. The fourth-order valence-electron chi connectivity index (χ4n) is 4.17. The van der Waals surface area contributed by atoms with Crippen LogP contribution in [0.5, 0.6) is 0 Å². The number of carbonyl (C=O) groups is 1. The lowest BCUT2D eigenvalue weighted by molar-refractivity contribution is 0.0695. The molecule has 0 spiro atoms. The second kappa shape index (κ2) is 8.83. The molecule has 1 amide bonds. The third-order valence-corrected chi connectivity index (χ3v) is 8.37. The number of carbonyl (C=O) groups excluding carboxylic acids is 1. The van der Waals surface area contributed by atoms with Crippen LogP contribution in [0.15, 0.2) is 30.3 Å². The van der Waals surface area contributed by atoms with E-state index in [1.807, 2.05) is 23.1 Å². The highest BCUT2D eigenvalue weighted by molar-refractivity contribution is 7.29. The van der Waals surface area contributed by atoms with Gasteiger partial charge in [0.25, 0.3) is 5.91 Å². The highest BCUT2D eigenvalue weighted by Gasteiger charge is 2.26. The molecule has 0 unspecified atom stereocenters. The summed E-state index contributed by atoms with van der Waals surface area (Å²) in [6.07, 6.45) is 3.16. The number of benzene rings is 1. The zero-order valence-corrected chi connectivity index (χ0v) is 19.1. The van der Waals surface area contributed by atoms with Gasteiger partial charge in [0.1, 0.15) is 4.83 Å². The Kier molecular flexibility index (Phi) is 5.96. The number of rotatable bonds is 4. The van der Waals surface area contributed by atoms with Crippen LogP contribution < -0.4 is 4.90 Å². The number of fused-ring (bicyclic) bond motifs is 1. The maximum Gasteiger partial charge on any atom is 0.264 e. The van der Waals surface area contributed by atoms with Gasteiger partial charge in [0.05, 0.1) is 22.8 Å². The zero-order chi connectivity index (χ0) is 20.5. The second-order valence-electron chi connectivity index (χ2n) is 7.94. The van der Waals surface area contributed by atoms with Crippen LogP contribution in [0, 0.1) is 5.92 Å². The van der Waals surface area contributed by atoms with Gasteiger partial charge in [-0.1, -0.05) is 35.1 Å². The number of aromatic nitrogens is 1. The standard InChI is InChI=1S/C22H24ClN3O2S2/c23-17-3-1-15(2-4-17)13-16-5-7-25(8-6-16)21(27)19-14-18-20(29-19)24-22(30-18)26-9-11-28-12-10-26/h1-4,14,16H,5-13H2. The largest absolute Gasteiger partial charge is 0.378 e. The third-order valence-electron chi connectivity index (χ3n) is 5.91. The van der Waals surface area contributed by atoms with E-state index < -0.39 is 0 Å². The average Bonchev–Trinajstić information content (AvgIpc) is 3.36. The second-order valence-corrected chi connectivity index (χ2v) is 10.4. The van der Waals surface area contributed by atoms with Crippen molar-refractivity contribution >= 4 is 54.8 Å². The van der Waals surface area contributed by atoms with E-state index in [0.29, 0.717) is 5.92 Å². The number of likely N-dealkylation sites (tertiary alicyclic amines) is 1. The number of nitrogens with zero attached hydrogens (tertiary/aromatic N) is 3. The molecular formula is C22H24ClN3O2S2. The number of ether oxygens (including phenoxy) is 1. The van der Waals surface area contributed by atoms with Crippen molar-refractivity contribution in [3.8, 4) is 0 Å². The Labute approximate surface area is 189 Å². The molecule has 0 radical (unpaired) electrons. The fraction of sp³-hybridized carbons (Fsp3) is 0.455. The van der Waals surface area contributed by atoms with E-state index in [1.54, 1.807) is 11.3 Å². The molecule has 0 N–H and O–H groups in total. The minimum Gasteiger partial charge on any atom is -0.378 e. The van der Waals surface area contributed by atoms with Crippen molar-refractivity contribution in [2.24, 2.45) is 5.92 Å². The summed E-state index contributed by atoms with van der Waals surface area (Å²) in [6.45, 7) is 4.94. The molecule has 5 rings (SSSR count). The Bertz CT molecular complexity index is 987. The molecule has 1 aromatic carbocycles. The number of halogens is 1. The Morgan fingerprint density at radius 2 is 1.83 bits per heavy atom. The predicted octanol–water partition coefficient (Wildman–Crippen LogP) is 4.94. The van der Waals surface area contributed by atoms with E-state index >= 15 is 0 Å². The quantitative estimate of drug-likeness (QED) is 0.552. The minimum absolute atomic E-state index is 0.156. The van der Waals surface area contributed by atoms with Crippen LogP contribution in [0.4, 0.5) is 5.13 Å². The maximum atomic E-state index is 13.0. The number of amides is 1. The summed E-state index contributed by atoms with van der Waals surface area (Å²) in [7, 11) is 0. The number of hydrogen-bond acceptors (Lipinski definition) is 6. The Hall–Kier alpha value is -1.67. The van der Waals surface area contributed by atoms with E-state index in [-0.39, 0.29) is 5.91 Å². The molecular weight excluding hydrogens is 438 g/mol. The number of anilines is 1. The first-order valence-corrected chi connectivity index (χ1v) is 12.4.